The van der Waals surface area contributed by atoms with Crippen LogP contribution in [0.5, 0.6) is 0 Å². The van der Waals surface area contributed by atoms with E-state index in [2.05, 4.69) is 25.1 Å². The molecule has 0 fully saturated rings. The maximum Gasteiger partial charge on any atom is 0.251 e. The van der Waals surface area contributed by atoms with Gasteiger partial charge in [0.2, 0.25) is 0 Å². The summed E-state index contributed by atoms with van der Waals surface area (Å²) in [6.07, 6.45) is 5.02. The smallest absolute Gasteiger partial charge is 0.251 e. The Labute approximate surface area is 133 Å². The van der Waals surface area contributed by atoms with Crippen LogP contribution in [0.15, 0.2) is 36.5 Å². The quantitative estimate of drug-likeness (QED) is 0.804. The van der Waals surface area contributed by atoms with Crippen LogP contribution >= 0.6 is 0 Å². The fourth-order valence-electron chi connectivity index (χ4n) is 2.98. The first-order chi connectivity index (χ1) is 11.3. The van der Waals surface area contributed by atoms with E-state index in [-0.39, 0.29) is 5.91 Å². The summed E-state index contributed by atoms with van der Waals surface area (Å²) in [6, 6.07) is 9.34. The van der Waals surface area contributed by atoms with Gasteiger partial charge in [0.1, 0.15) is 5.82 Å². The Kier molecular flexibility index (Phi) is 3.49. The lowest BCUT2D eigenvalue weighted by Gasteiger charge is -2.14. The van der Waals surface area contributed by atoms with Crippen LogP contribution in [-0.2, 0) is 19.5 Å². The van der Waals surface area contributed by atoms with E-state index in [1.807, 2.05) is 24.3 Å². The molecule has 0 bridgehead atoms. The summed E-state index contributed by atoms with van der Waals surface area (Å²) in [5.41, 5.74) is 1.51. The van der Waals surface area contributed by atoms with E-state index >= 15 is 0 Å². The average molecular weight is 307 g/mol. The molecule has 3 heterocycles. The third-order valence-corrected chi connectivity index (χ3v) is 4.21. The molecular weight excluding hydrogens is 290 g/mol. The molecule has 4 rings (SSSR count). The van der Waals surface area contributed by atoms with E-state index in [4.69, 9.17) is 0 Å². The molecule has 0 saturated carbocycles. The van der Waals surface area contributed by atoms with E-state index in [1.54, 1.807) is 12.3 Å². The molecule has 0 aliphatic carbocycles. The van der Waals surface area contributed by atoms with Crippen molar-refractivity contribution in [1.82, 2.24) is 25.1 Å². The molecule has 3 aromatic rings. The first-order valence-corrected chi connectivity index (χ1v) is 7.85. The number of hydrogen-bond donors (Lipinski definition) is 1. The summed E-state index contributed by atoms with van der Waals surface area (Å²) < 4.78 is 2.12. The Balaban J connectivity index is 1.50. The molecule has 1 aromatic carbocycles. The molecule has 0 spiro atoms. The second-order valence-electron chi connectivity index (χ2n) is 5.73. The fourth-order valence-corrected chi connectivity index (χ4v) is 2.98. The van der Waals surface area contributed by atoms with Crippen LogP contribution in [-0.4, -0.2) is 25.7 Å². The molecule has 0 radical (unpaired) electrons. The van der Waals surface area contributed by atoms with Gasteiger partial charge in [0.25, 0.3) is 5.91 Å². The molecule has 6 heteroatoms. The Hall–Kier alpha value is -2.76. The van der Waals surface area contributed by atoms with Gasteiger partial charge in [0.15, 0.2) is 5.82 Å². The molecule has 1 amide bonds. The Bertz CT molecular complexity index is 870. The molecule has 2 aromatic heterocycles. The van der Waals surface area contributed by atoms with E-state index in [9.17, 15) is 4.79 Å². The van der Waals surface area contributed by atoms with Gasteiger partial charge in [-0.1, -0.05) is 6.07 Å². The molecule has 0 unspecified atom stereocenters. The van der Waals surface area contributed by atoms with Gasteiger partial charge in [-0.25, -0.2) is 0 Å². The van der Waals surface area contributed by atoms with Crippen LogP contribution in [0.1, 0.15) is 34.8 Å². The minimum absolute atomic E-state index is 0.107. The zero-order valence-corrected chi connectivity index (χ0v) is 12.7. The number of hydrogen-bond acceptors (Lipinski definition) is 4. The molecule has 6 nitrogen and oxygen atoms in total. The number of amides is 1. The van der Waals surface area contributed by atoms with Crippen LogP contribution in [0.25, 0.3) is 10.9 Å². The Morgan fingerprint density at radius 2 is 2.17 bits per heavy atom. The van der Waals surface area contributed by atoms with Crippen molar-refractivity contribution in [2.45, 2.75) is 32.4 Å². The Morgan fingerprint density at radius 3 is 3.13 bits per heavy atom. The zero-order chi connectivity index (χ0) is 15.6. The lowest BCUT2D eigenvalue weighted by Crippen LogP contribution is -2.25. The first-order valence-electron chi connectivity index (χ1n) is 7.85. The largest absolute Gasteiger partial charge is 0.345 e. The van der Waals surface area contributed by atoms with E-state index in [0.717, 1.165) is 48.4 Å². The number of fused-ring (bicyclic) bond motifs is 2. The third-order valence-electron chi connectivity index (χ3n) is 4.21. The highest BCUT2D eigenvalue weighted by atomic mass is 16.1. The summed E-state index contributed by atoms with van der Waals surface area (Å²) in [4.78, 5) is 16.6. The van der Waals surface area contributed by atoms with Crippen molar-refractivity contribution < 1.29 is 4.79 Å². The van der Waals surface area contributed by atoms with Crippen molar-refractivity contribution in [2.24, 2.45) is 0 Å². The van der Waals surface area contributed by atoms with Crippen LogP contribution in [0.4, 0.5) is 0 Å². The number of carbonyl (C=O) groups excluding carboxylic acids is 1. The number of pyridine rings is 1. The van der Waals surface area contributed by atoms with Crippen molar-refractivity contribution in [3.63, 3.8) is 0 Å². The van der Waals surface area contributed by atoms with Gasteiger partial charge < -0.3 is 9.88 Å². The summed E-state index contributed by atoms with van der Waals surface area (Å²) in [5.74, 6) is 1.75. The minimum Gasteiger partial charge on any atom is -0.345 e. The van der Waals surface area contributed by atoms with E-state index in [0.29, 0.717) is 12.1 Å². The van der Waals surface area contributed by atoms with Crippen molar-refractivity contribution >= 4 is 16.8 Å². The highest BCUT2D eigenvalue weighted by Gasteiger charge is 2.16. The van der Waals surface area contributed by atoms with E-state index < -0.39 is 0 Å². The molecular formula is C17H17N5O. The van der Waals surface area contributed by atoms with Gasteiger partial charge in [-0.15, -0.1) is 10.2 Å². The predicted octanol–water partition coefficient (Wildman–Crippen LogP) is 2.09. The number of aromatic nitrogens is 4. The normalized spacial score (nSPS) is 13.7. The first kappa shape index (κ1) is 13.9. The molecule has 23 heavy (non-hydrogen) atoms. The fraction of sp³-hybridized carbons (Fsp3) is 0.294. The maximum atomic E-state index is 12.4. The molecule has 1 N–H and O–H groups in total. The van der Waals surface area contributed by atoms with Gasteiger partial charge in [0, 0.05) is 30.1 Å². The maximum absolute atomic E-state index is 12.4. The molecule has 116 valence electrons. The second-order valence-corrected chi connectivity index (χ2v) is 5.73. The van der Waals surface area contributed by atoms with Crippen molar-refractivity contribution in [1.29, 1.82) is 0 Å². The van der Waals surface area contributed by atoms with Crippen LogP contribution < -0.4 is 5.32 Å². The molecule has 0 atom stereocenters. The monoisotopic (exact) mass is 307 g/mol. The number of aryl methyl sites for hydroxylation is 1. The van der Waals surface area contributed by atoms with Gasteiger partial charge in [-0.3, -0.25) is 9.78 Å². The number of nitrogens with zero attached hydrogens (tertiary/aromatic N) is 4. The highest BCUT2D eigenvalue weighted by molar-refractivity contribution is 5.97. The van der Waals surface area contributed by atoms with Crippen LogP contribution in [0.3, 0.4) is 0 Å². The molecule has 1 aliphatic rings. The highest BCUT2D eigenvalue weighted by Crippen LogP contribution is 2.15. The van der Waals surface area contributed by atoms with Gasteiger partial charge in [-0.2, -0.15) is 0 Å². The van der Waals surface area contributed by atoms with Gasteiger partial charge >= 0.3 is 0 Å². The average Bonchev–Trinajstić information content (AvgIpc) is 3.02. The number of carbonyl (C=O) groups is 1. The SMILES string of the molecule is O=C(NCc1nnc2n1CCCC2)c1ccc2ncccc2c1. The summed E-state index contributed by atoms with van der Waals surface area (Å²) in [6.45, 7) is 1.34. The topological polar surface area (TPSA) is 72.7 Å². The molecule has 1 aliphatic heterocycles. The number of benzene rings is 1. The second kappa shape index (κ2) is 5.79. The van der Waals surface area contributed by atoms with Crippen LogP contribution in [0.2, 0.25) is 0 Å². The van der Waals surface area contributed by atoms with E-state index in [1.165, 1.54) is 0 Å². The number of rotatable bonds is 3. The lowest BCUT2D eigenvalue weighted by atomic mass is 10.1. The van der Waals surface area contributed by atoms with Crippen molar-refractivity contribution in [2.75, 3.05) is 0 Å². The standard InChI is InChI=1S/C17H17N5O/c23-17(13-6-7-14-12(10-13)4-3-8-18-14)19-11-16-21-20-15-5-1-2-9-22(15)16/h3-4,6-8,10H,1-2,5,9,11H2,(H,19,23). The summed E-state index contributed by atoms with van der Waals surface area (Å²) in [5, 5.41) is 12.3. The van der Waals surface area contributed by atoms with Gasteiger partial charge in [-0.05, 0) is 37.1 Å². The zero-order valence-electron chi connectivity index (χ0n) is 12.7. The Morgan fingerprint density at radius 1 is 1.22 bits per heavy atom. The van der Waals surface area contributed by atoms with Gasteiger partial charge in [0.05, 0.1) is 12.1 Å². The molecule has 0 saturated heterocycles. The number of nitrogens with one attached hydrogen (secondary N) is 1. The minimum atomic E-state index is -0.107. The van der Waals surface area contributed by atoms with Crippen molar-refractivity contribution in [3.05, 3.63) is 53.7 Å². The van der Waals surface area contributed by atoms with Crippen molar-refractivity contribution in [3.8, 4) is 0 Å². The predicted molar refractivity (Wildman–Crippen MR) is 85.9 cm³/mol. The summed E-state index contributed by atoms with van der Waals surface area (Å²) in [7, 11) is 0. The summed E-state index contributed by atoms with van der Waals surface area (Å²) >= 11 is 0. The van der Waals surface area contributed by atoms with Crippen LogP contribution in [0, 0.1) is 0 Å². The lowest BCUT2D eigenvalue weighted by molar-refractivity contribution is 0.0949. The third kappa shape index (κ3) is 2.67.